The topological polar surface area (TPSA) is 42.2 Å². The molecule has 3 nitrogen and oxygen atoms in total. The van der Waals surface area contributed by atoms with Gasteiger partial charge in [-0.25, -0.2) is 4.98 Å². The van der Waals surface area contributed by atoms with E-state index < -0.39 is 0 Å². The van der Waals surface area contributed by atoms with Gasteiger partial charge < -0.3 is 10.6 Å². The third-order valence-corrected chi connectivity index (χ3v) is 5.03. The number of nitrogens with two attached hydrogens (primary N) is 1. The van der Waals surface area contributed by atoms with E-state index in [4.69, 9.17) is 10.7 Å². The van der Waals surface area contributed by atoms with Crippen molar-refractivity contribution in [1.29, 1.82) is 0 Å². The molecule has 1 aromatic heterocycles. The molecule has 4 rings (SSSR count). The van der Waals surface area contributed by atoms with Crippen LogP contribution in [-0.4, -0.2) is 16.9 Å². The van der Waals surface area contributed by atoms with Crippen LogP contribution >= 0.6 is 0 Å². The zero-order valence-corrected chi connectivity index (χ0v) is 16.1. The lowest BCUT2D eigenvalue weighted by Crippen LogP contribution is -2.28. The van der Waals surface area contributed by atoms with Gasteiger partial charge >= 0.3 is 0 Å². The first-order valence-corrected chi connectivity index (χ1v) is 9.29. The summed E-state index contributed by atoms with van der Waals surface area (Å²) >= 11 is 0. The number of fused-ring (bicyclic) bond motifs is 1. The fourth-order valence-corrected chi connectivity index (χ4v) is 3.47. The van der Waals surface area contributed by atoms with Gasteiger partial charge in [-0.3, -0.25) is 0 Å². The molecule has 3 heteroatoms. The van der Waals surface area contributed by atoms with Crippen LogP contribution in [0.1, 0.15) is 30.7 Å². The van der Waals surface area contributed by atoms with Crippen molar-refractivity contribution in [2.75, 3.05) is 7.05 Å². The second-order valence-electron chi connectivity index (χ2n) is 7.82. The predicted octanol–water partition coefficient (Wildman–Crippen LogP) is 5.03. The van der Waals surface area contributed by atoms with E-state index in [1.54, 1.807) is 0 Å². The molecule has 136 valence electrons. The molecule has 0 bridgehead atoms. The third kappa shape index (κ3) is 3.51. The van der Waals surface area contributed by atoms with Crippen LogP contribution in [0, 0.1) is 0 Å². The van der Waals surface area contributed by atoms with Crippen LogP contribution in [0.15, 0.2) is 66.9 Å². The van der Waals surface area contributed by atoms with E-state index in [9.17, 15) is 0 Å². The van der Waals surface area contributed by atoms with Crippen molar-refractivity contribution in [1.82, 2.24) is 9.88 Å². The van der Waals surface area contributed by atoms with Crippen molar-refractivity contribution in [2.45, 2.75) is 25.9 Å². The number of pyridine rings is 1. The smallest absolute Gasteiger partial charge is 0.0787 e. The van der Waals surface area contributed by atoms with Gasteiger partial charge in [0, 0.05) is 36.5 Å². The minimum Gasteiger partial charge on any atom is -0.376 e. The number of aromatic nitrogens is 1. The molecule has 0 atom stereocenters. The predicted molar refractivity (Wildman–Crippen MR) is 113 cm³/mol. The summed E-state index contributed by atoms with van der Waals surface area (Å²) < 4.78 is 0. The molecular formula is C24H25N3. The highest BCUT2D eigenvalue weighted by atomic mass is 15.1. The summed E-state index contributed by atoms with van der Waals surface area (Å²) in [4.78, 5) is 7.22. The maximum Gasteiger partial charge on any atom is 0.0787 e. The fraction of sp³-hybridized carbons (Fsp3) is 0.208. The van der Waals surface area contributed by atoms with Crippen LogP contribution in [0.2, 0.25) is 0 Å². The van der Waals surface area contributed by atoms with Gasteiger partial charge in [0.2, 0.25) is 0 Å². The molecule has 0 saturated carbocycles. The zero-order chi connectivity index (χ0) is 19.0. The Kier molecular flexibility index (Phi) is 4.33. The van der Waals surface area contributed by atoms with Gasteiger partial charge in [0.05, 0.1) is 11.4 Å². The van der Waals surface area contributed by atoms with Crippen LogP contribution in [-0.2, 0) is 12.1 Å². The lowest BCUT2D eigenvalue weighted by molar-refractivity contribution is 0.446. The van der Waals surface area contributed by atoms with Crippen molar-refractivity contribution >= 4 is 6.08 Å². The maximum absolute atomic E-state index is 6.24. The van der Waals surface area contributed by atoms with Crippen LogP contribution in [0.3, 0.4) is 0 Å². The summed E-state index contributed by atoms with van der Waals surface area (Å²) in [5.41, 5.74) is 13.8. The Hall–Kier alpha value is -2.91. The van der Waals surface area contributed by atoms with E-state index in [0.29, 0.717) is 0 Å². The minimum absolute atomic E-state index is 0.350. The number of hydrogen-bond acceptors (Lipinski definition) is 3. The normalized spacial score (nSPS) is 13.6. The molecule has 0 amide bonds. The first-order chi connectivity index (χ1) is 12.9. The molecule has 0 unspecified atom stereocenters. The van der Waals surface area contributed by atoms with Crippen LogP contribution < -0.4 is 5.73 Å². The molecule has 2 N–H and O–H groups in total. The molecule has 0 saturated heterocycles. The number of rotatable bonds is 3. The Morgan fingerprint density at radius 2 is 1.67 bits per heavy atom. The molecule has 1 aliphatic heterocycles. The Morgan fingerprint density at radius 1 is 0.963 bits per heavy atom. The van der Waals surface area contributed by atoms with Crippen molar-refractivity contribution in [3.05, 3.63) is 83.7 Å². The second kappa shape index (κ2) is 6.67. The van der Waals surface area contributed by atoms with E-state index in [-0.39, 0.29) is 5.54 Å². The standard InChI is InChI=1S/C24H25N3/c1-24(2,25)20-11-9-18(10-12-20)23-21(17-7-5-4-6-8-17)15-19-16-27(3)14-13-22(19)26-23/h4-15H,16,25H2,1-3H3. The summed E-state index contributed by atoms with van der Waals surface area (Å²) in [5.74, 6) is 0. The van der Waals surface area contributed by atoms with Gasteiger partial charge in [-0.2, -0.15) is 0 Å². The first kappa shape index (κ1) is 17.5. The number of hydrogen-bond donors (Lipinski definition) is 1. The Labute approximate surface area is 161 Å². The molecule has 3 aromatic rings. The average Bonchev–Trinajstić information content (AvgIpc) is 2.67. The molecule has 27 heavy (non-hydrogen) atoms. The minimum atomic E-state index is -0.350. The molecule has 1 aliphatic rings. The van der Waals surface area contributed by atoms with Crippen LogP contribution in [0.25, 0.3) is 28.5 Å². The van der Waals surface area contributed by atoms with Crippen molar-refractivity contribution in [2.24, 2.45) is 5.73 Å². The van der Waals surface area contributed by atoms with Crippen molar-refractivity contribution in [3.8, 4) is 22.4 Å². The summed E-state index contributed by atoms with van der Waals surface area (Å²) in [6, 6.07) is 21.2. The number of nitrogens with zero attached hydrogens (tertiary/aromatic N) is 2. The third-order valence-electron chi connectivity index (χ3n) is 5.03. The highest BCUT2D eigenvalue weighted by Gasteiger charge is 2.18. The summed E-state index contributed by atoms with van der Waals surface area (Å²) in [7, 11) is 2.09. The van der Waals surface area contributed by atoms with Gasteiger partial charge in [0.1, 0.15) is 0 Å². The van der Waals surface area contributed by atoms with Gasteiger partial charge in [-0.15, -0.1) is 0 Å². The zero-order valence-electron chi connectivity index (χ0n) is 16.1. The highest BCUT2D eigenvalue weighted by Crippen LogP contribution is 2.34. The summed E-state index contributed by atoms with van der Waals surface area (Å²) in [5, 5.41) is 0. The summed E-state index contributed by atoms with van der Waals surface area (Å²) in [6.07, 6.45) is 4.18. The average molecular weight is 355 g/mol. The molecule has 2 aromatic carbocycles. The molecule has 0 fully saturated rings. The molecule has 0 aliphatic carbocycles. The quantitative estimate of drug-likeness (QED) is 0.717. The Bertz CT molecular complexity index is 981. The van der Waals surface area contributed by atoms with Crippen molar-refractivity contribution < 1.29 is 0 Å². The molecule has 2 heterocycles. The lowest BCUT2D eigenvalue weighted by atomic mass is 9.92. The van der Waals surface area contributed by atoms with Crippen LogP contribution in [0.4, 0.5) is 0 Å². The highest BCUT2D eigenvalue weighted by molar-refractivity contribution is 5.82. The van der Waals surface area contributed by atoms with Gasteiger partial charge in [0.25, 0.3) is 0 Å². The Balaban J connectivity index is 1.88. The van der Waals surface area contributed by atoms with E-state index >= 15 is 0 Å². The van der Waals surface area contributed by atoms with E-state index in [0.717, 1.165) is 34.6 Å². The maximum atomic E-state index is 6.24. The van der Waals surface area contributed by atoms with Gasteiger partial charge in [-0.05, 0) is 42.7 Å². The number of benzene rings is 2. The lowest BCUT2D eigenvalue weighted by Gasteiger charge is -2.23. The second-order valence-corrected chi connectivity index (χ2v) is 7.82. The Morgan fingerprint density at radius 3 is 2.33 bits per heavy atom. The molecule has 0 spiro atoms. The van der Waals surface area contributed by atoms with Gasteiger partial charge in [0.15, 0.2) is 0 Å². The van der Waals surface area contributed by atoms with Crippen LogP contribution in [0.5, 0.6) is 0 Å². The van der Waals surface area contributed by atoms with E-state index in [1.807, 2.05) is 19.9 Å². The summed E-state index contributed by atoms with van der Waals surface area (Å²) in [6.45, 7) is 4.92. The van der Waals surface area contributed by atoms with E-state index in [2.05, 4.69) is 78.8 Å². The largest absolute Gasteiger partial charge is 0.376 e. The van der Waals surface area contributed by atoms with E-state index in [1.165, 1.54) is 11.1 Å². The monoisotopic (exact) mass is 355 g/mol. The molecule has 0 radical (unpaired) electrons. The van der Waals surface area contributed by atoms with Gasteiger partial charge in [-0.1, -0.05) is 54.6 Å². The fourth-order valence-electron chi connectivity index (χ4n) is 3.47. The van der Waals surface area contributed by atoms with Crippen molar-refractivity contribution in [3.63, 3.8) is 0 Å². The molecular weight excluding hydrogens is 330 g/mol. The SMILES string of the molecule is CN1C=Cc2nc(-c3ccc(C(C)(C)N)cc3)c(-c3ccccc3)cc2C1. The first-order valence-electron chi connectivity index (χ1n) is 9.29.